The number of anilines is 1. The van der Waals surface area contributed by atoms with Gasteiger partial charge in [-0.1, -0.05) is 12.2 Å². The maximum atomic E-state index is 12.5. The summed E-state index contributed by atoms with van der Waals surface area (Å²) in [5, 5.41) is 0. The van der Waals surface area contributed by atoms with Crippen molar-refractivity contribution in [2.75, 3.05) is 25.3 Å². The Kier molecular flexibility index (Phi) is 5.48. The first-order valence-electron chi connectivity index (χ1n) is 8.17. The molecule has 0 aromatic carbocycles. The molecule has 0 spiro atoms. The van der Waals surface area contributed by atoms with Crippen LogP contribution in [-0.4, -0.2) is 45.2 Å². The molecule has 0 radical (unpaired) electrons. The highest BCUT2D eigenvalue weighted by molar-refractivity contribution is 7.53. The highest BCUT2D eigenvalue weighted by atomic mass is 31.2. The van der Waals surface area contributed by atoms with E-state index in [-0.39, 0.29) is 18.5 Å². The minimum absolute atomic E-state index is 0.0304. The monoisotopic (exact) mass is 367 g/mol. The van der Waals surface area contributed by atoms with Gasteiger partial charge in [0.25, 0.3) is 0 Å². The molecule has 0 amide bonds. The molecule has 9 nitrogen and oxygen atoms in total. The summed E-state index contributed by atoms with van der Waals surface area (Å²) in [6.07, 6.45) is 7.47. The first-order chi connectivity index (χ1) is 12.1. The van der Waals surface area contributed by atoms with E-state index in [1.807, 2.05) is 16.7 Å². The van der Waals surface area contributed by atoms with Gasteiger partial charge in [0.2, 0.25) is 0 Å². The largest absolute Gasteiger partial charge is 0.382 e. The second-order valence-corrected chi connectivity index (χ2v) is 7.55. The van der Waals surface area contributed by atoms with E-state index in [0.717, 1.165) is 0 Å². The lowest BCUT2D eigenvalue weighted by Gasteiger charge is -2.19. The van der Waals surface area contributed by atoms with Crippen molar-refractivity contribution in [1.29, 1.82) is 0 Å². The van der Waals surface area contributed by atoms with Crippen molar-refractivity contribution in [1.82, 2.24) is 19.5 Å². The van der Waals surface area contributed by atoms with E-state index in [0.29, 0.717) is 36.6 Å². The van der Waals surface area contributed by atoms with Crippen LogP contribution in [0.5, 0.6) is 0 Å². The molecule has 0 saturated carbocycles. The summed E-state index contributed by atoms with van der Waals surface area (Å²) in [5.74, 6) is 0.355. The van der Waals surface area contributed by atoms with Crippen LogP contribution in [0.2, 0.25) is 0 Å². The maximum Gasteiger partial charge on any atom is 0.356 e. The summed E-state index contributed by atoms with van der Waals surface area (Å²) >= 11 is 0. The average molecular weight is 367 g/mol. The molecule has 2 N–H and O–H groups in total. The second kappa shape index (κ2) is 7.61. The van der Waals surface area contributed by atoms with E-state index in [1.165, 1.54) is 6.33 Å². The fourth-order valence-corrected chi connectivity index (χ4v) is 4.17. The Hall–Kier alpha value is -1.80. The molecule has 136 valence electrons. The molecule has 25 heavy (non-hydrogen) atoms. The van der Waals surface area contributed by atoms with Crippen LogP contribution in [0.3, 0.4) is 0 Å². The van der Waals surface area contributed by atoms with Gasteiger partial charge >= 0.3 is 7.60 Å². The van der Waals surface area contributed by atoms with E-state index in [2.05, 4.69) is 15.0 Å². The fraction of sp³-hybridized carbons (Fsp3) is 0.533. The molecule has 0 saturated heterocycles. The quantitative estimate of drug-likeness (QED) is 0.559. The van der Waals surface area contributed by atoms with E-state index in [9.17, 15) is 4.57 Å². The molecule has 1 aliphatic rings. The van der Waals surface area contributed by atoms with Crippen molar-refractivity contribution in [3.8, 4) is 0 Å². The Balaban J connectivity index is 1.65. The highest BCUT2D eigenvalue weighted by Gasteiger charge is 2.28. The van der Waals surface area contributed by atoms with Crippen molar-refractivity contribution in [3.63, 3.8) is 0 Å². The number of hydrogen-bond acceptors (Lipinski definition) is 8. The van der Waals surface area contributed by atoms with Crippen LogP contribution in [-0.2, 0) is 18.3 Å². The molecule has 2 unspecified atom stereocenters. The van der Waals surface area contributed by atoms with E-state index < -0.39 is 7.60 Å². The van der Waals surface area contributed by atoms with Gasteiger partial charge in [-0.15, -0.1) is 0 Å². The van der Waals surface area contributed by atoms with Crippen LogP contribution < -0.4 is 5.73 Å². The summed E-state index contributed by atoms with van der Waals surface area (Å²) in [7, 11) is -3.21. The van der Waals surface area contributed by atoms with Gasteiger partial charge in [0.15, 0.2) is 11.5 Å². The number of ether oxygens (including phenoxy) is 1. The van der Waals surface area contributed by atoms with Crippen molar-refractivity contribution in [3.05, 3.63) is 24.8 Å². The third-order valence-corrected chi connectivity index (χ3v) is 5.63. The zero-order chi connectivity index (χ0) is 17.9. The highest BCUT2D eigenvalue weighted by Crippen LogP contribution is 2.48. The lowest BCUT2D eigenvalue weighted by atomic mass is 10.2. The van der Waals surface area contributed by atoms with Gasteiger partial charge in [0.1, 0.15) is 18.2 Å². The average Bonchev–Trinajstić information content (AvgIpc) is 3.20. The van der Waals surface area contributed by atoms with Gasteiger partial charge in [0.05, 0.1) is 31.7 Å². The molecule has 0 bridgehead atoms. The van der Waals surface area contributed by atoms with Gasteiger partial charge < -0.3 is 24.1 Å². The number of hydrogen-bond donors (Lipinski definition) is 1. The Labute approximate surface area is 145 Å². The number of rotatable bonds is 8. The first-order valence-corrected chi connectivity index (χ1v) is 9.90. The fourth-order valence-electron chi connectivity index (χ4n) is 2.78. The normalized spacial score (nSPS) is 20.6. The third-order valence-electron chi connectivity index (χ3n) is 3.86. The summed E-state index contributed by atoms with van der Waals surface area (Å²) in [6, 6.07) is 0.0304. The molecular weight excluding hydrogens is 345 g/mol. The number of nitrogens with two attached hydrogens (primary N) is 1. The van der Waals surface area contributed by atoms with Crippen LogP contribution in [0.1, 0.15) is 26.3 Å². The molecule has 2 aromatic heterocycles. The maximum absolute atomic E-state index is 12.5. The van der Waals surface area contributed by atoms with E-state index >= 15 is 0 Å². The molecule has 3 rings (SSSR count). The first kappa shape index (κ1) is 18.0. The Bertz CT molecular complexity index is 798. The summed E-state index contributed by atoms with van der Waals surface area (Å²) < 4.78 is 30.6. The molecule has 1 aliphatic carbocycles. The topological polar surface area (TPSA) is 114 Å². The Morgan fingerprint density at radius 3 is 2.72 bits per heavy atom. The molecule has 2 aromatic rings. The molecule has 10 heteroatoms. The number of aromatic nitrogens is 4. The number of fused-ring (bicyclic) bond motifs is 1. The summed E-state index contributed by atoms with van der Waals surface area (Å²) in [6.45, 7) is 4.17. The van der Waals surface area contributed by atoms with Crippen LogP contribution in [0.25, 0.3) is 11.2 Å². The van der Waals surface area contributed by atoms with Crippen LogP contribution in [0.4, 0.5) is 5.82 Å². The zero-order valence-corrected chi connectivity index (χ0v) is 15.1. The minimum atomic E-state index is -3.21. The number of nitrogen functional groups attached to an aromatic ring is 1. The number of nitrogens with zero attached hydrogens (tertiary/aromatic N) is 4. The smallest absolute Gasteiger partial charge is 0.356 e. The molecule has 2 atom stereocenters. The predicted octanol–water partition coefficient (Wildman–Crippen LogP) is 2.52. The van der Waals surface area contributed by atoms with Gasteiger partial charge in [0, 0.05) is 6.42 Å². The van der Waals surface area contributed by atoms with E-state index in [4.69, 9.17) is 19.5 Å². The van der Waals surface area contributed by atoms with Gasteiger partial charge in [-0.25, -0.2) is 15.0 Å². The molecule has 0 aliphatic heterocycles. The van der Waals surface area contributed by atoms with Crippen LogP contribution >= 0.6 is 7.60 Å². The number of imidazole rings is 1. The van der Waals surface area contributed by atoms with Crippen LogP contribution in [0.15, 0.2) is 24.8 Å². The van der Waals surface area contributed by atoms with Gasteiger partial charge in [-0.2, -0.15) is 0 Å². The van der Waals surface area contributed by atoms with E-state index in [1.54, 1.807) is 20.2 Å². The van der Waals surface area contributed by atoms with Crippen LogP contribution in [0, 0.1) is 0 Å². The van der Waals surface area contributed by atoms with Crippen molar-refractivity contribution in [2.45, 2.75) is 32.4 Å². The lowest BCUT2D eigenvalue weighted by molar-refractivity contribution is 0.0898. The van der Waals surface area contributed by atoms with Gasteiger partial charge in [-0.05, 0) is 13.8 Å². The Morgan fingerprint density at radius 1 is 1.24 bits per heavy atom. The van der Waals surface area contributed by atoms with Crippen molar-refractivity contribution in [2.24, 2.45) is 0 Å². The summed E-state index contributed by atoms with van der Waals surface area (Å²) in [4.78, 5) is 12.5. The third kappa shape index (κ3) is 3.90. The minimum Gasteiger partial charge on any atom is -0.382 e. The lowest BCUT2D eigenvalue weighted by Crippen LogP contribution is -2.14. The van der Waals surface area contributed by atoms with Crippen molar-refractivity contribution < 1.29 is 18.3 Å². The number of allylic oxidation sites excluding steroid dienone is 1. The zero-order valence-electron chi connectivity index (χ0n) is 14.2. The van der Waals surface area contributed by atoms with Crippen molar-refractivity contribution >= 4 is 24.6 Å². The molecule has 2 heterocycles. The van der Waals surface area contributed by atoms with Gasteiger partial charge in [-0.3, -0.25) is 4.57 Å². The molecular formula is C15H22N5O4P. The molecule has 0 fully saturated rings. The predicted molar refractivity (Wildman–Crippen MR) is 93.1 cm³/mol. The SMILES string of the molecule is CCOP(=O)(COC1C=CC(n2cnc3c(N)ncnc32)C1)OCC. The standard InChI is InChI=1S/C15H22N5O4P/c1-3-23-25(21,24-4-2)10-22-12-6-5-11(7-12)20-9-19-13-14(16)17-8-18-15(13)20/h5-6,8-9,11-12H,3-4,7,10H2,1-2H3,(H2,16,17,18). The Morgan fingerprint density at radius 2 is 2.00 bits per heavy atom. The second-order valence-electron chi connectivity index (χ2n) is 5.55. The summed E-state index contributed by atoms with van der Waals surface area (Å²) in [5.41, 5.74) is 7.08.